The molecule has 0 saturated carbocycles. The quantitative estimate of drug-likeness (QED) is 0.521. The van der Waals surface area contributed by atoms with Crippen molar-refractivity contribution in [2.75, 3.05) is 0 Å². The van der Waals surface area contributed by atoms with E-state index < -0.39 is 17.9 Å². The number of aliphatic carboxylic acids is 2. The molecule has 0 aromatic heterocycles. The molecule has 1 rings (SSSR count). The molecule has 4 N–H and O–H groups in total. The van der Waals surface area contributed by atoms with Crippen molar-refractivity contribution < 1.29 is 30.0 Å². The number of carboxylic acids is 2. The first-order chi connectivity index (χ1) is 9.93. The average molecular weight is 296 g/mol. The van der Waals surface area contributed by atoms with Crippen LogP contribution in [0.4, 0.5) is 0 Å². The summed E-state index contributed by atoms with van der Waals surface area (Å²) in [5, 5.41) is 37.2. The van der Waals surface area contributed by atoms with Crippen LogP contribution >= 0.6 is 0 Å². The monoisotopic (exact) mass is 296 g/mol. The van der Waals surface area contributed by atoms with E-state index in [9.17, 15) is 24.9 Å². The molecule has 1 aromatic carbocycles. The molecule has 0 spiro atoms. The summed E-state index contributed by atoms with van der Waals surface area (Å²) >= 11 is 0. The van der Waals surface area contributed by atoms with Gasteiger partial charge in [0.2, 0.25) is 0 Å². The molecule has 0 aliphatic rings. The van der Waals surface area contributed by atoms with Crippen LogP contribution in [0.1, 0.15) is 50.0 Å². The molecular weight excluding hydrogens is 276 g/mol. The van der Waals surface area contributed by atoms with Gasteiger partial charge in [-0.3, -0.25) is 9.59 Å². The van der Waals surface area contributed by atoms with Crippen molar-refractivity contribution in [3.05, 3.63) is 23.8 Å². The third-order valence-corrected chi connectivity index (χ3v) is 3.34. The number of hydrogen-bond donors (Lipinski definition) is 4. The third kappa shape index (κ3) is 5.33. The van der Waals surface area contributed by atoms with Crippen molar-refractivity contribution in [3.8, 4) is 11.5 Å². The molecule has 116 valence electrons. The second-order valence-corrected chi connectivity index (χ2v) is 4.95. The summed E-state index contributed by atoms with van der Waals surface area (Å²) in [6, 6.07) is 4.13. The third-order valence-electron chi connectivity index (χ3n) is 3.34. The Morgan fingerprint density at radius 3 is 2.05 bits per heavy atom. The van der Waals surface area contributed by atoms with Crippen molar-refractivity contribution in [1.82, 2.24) is 0 Å². The topological polar surface area (TPSA) is 115 Å². The van der Waals surface area contributed by atoms with Crippen molar-refractivity contribution in [3.63, 3.8) is 0 Å². The van der Waals surface area contributed by atoms with Crippen LogP contribution in [-0.4, -0.2) is 32.4 Å². The number of hydrogen-bond acceptors (Lipinski definition) is 4. The largest absolute Gasteiger partial charge is 0.508 e. The van der Waals surface area contributed by atoms with Gasteiger partial charge in [-0.05, 0) is 25.0 Å². The van der Waals surface area contributed by atoms with Gasteiger partial charge in [-0.1, -0.05) is 25.3 Å². The van der Waals surface area contributed by atoms with E-state index in [1.165, 1.54) is 18.2 Å². The lowest BCUT2D eigenvalue weighted by molar-refractivity contribution is -0.139. The number of carbonyl (C=O) groups is 2. The number of benzene rings is 1. The van der Waals surface area contributed by atoms with Gasteiger partial charge < -0.3 is 20.4 Å². The minimum Gasteiger partial charge on any atom is -0.508 e. The Bertz CT molecular complexity index is 477. The summed E-state index contributed by atoms with van der Waals surface area (Å²) in [5.41, 5.74) is 0.0375. The SMILES string of the molecule is O=C(O)CCCCCCC(C(=O)O)c1c(O)cccc1O. The molecule has 6 nitrogen and oxygen atoms in total. The first-order valence-corrected chi connectivity index (χ1v) is 6.89. The Morgan fingerprint density at radius 1 is 0.952 bits per heavy atom. The first-order valence-electron chi connectivity index (χ1n) is 6.89. The van der Waals surface area contributed by atoms with Gasteiger partial charge in [0.05, 0.1) is 5.92 Å². The van der Waals surface area contributed by atoms with Gasteiger partial charge in [-0.2, -0.15) is 0 Å². The van der Waals surface area contributed by atoms with Gasteiger partial charge in [0, 0.05) is 12.0 Å². The molecule has 0 aliphatic heterocycles. The number of rotatable bonds is 9. The zero-order valence-electron chi connectivity index (χ0n) is 11.7. The average Bonchev–Trinajstić information content (AvgIpc) is 2.39. The molecule has 1 atom stereocenters. The number of carboxylic acid groups (broad SMARTS) is 2. The first kappa shape index (κ1) is 16.8. The van der Waals surface area contributed by atoms with Gasteiger partial charge >= 0.3 is 11.9 Å². The highest BCUT2D eigenvalue weighted by atomic mass is 16.4. The van der Waals surface area contributed by atoms with E-state index in [4.69, 9.17) is 5.11 Å². The molecular formula is C15H20O6. The van der Waals surface area contributed by atoms with E-state index in [-0.39, 0.29) is 29.9 Å². The fourth-order valence-electron chi connectivity index (χ4n) is 2.27. The molecule has 0 aliphatic carbocycles. The molecule has 0 amide bonds. The van der Waals surface area contributed by atoms with Crippen LogP contribution < -0.4 is 0 Å². The molecule has 1 aromatic rings. The Hall–Kier alpha value is -2.24. The van der Waals surface area contributed by atoms with Crippen LogP contribution in [0.5, 0.6) is 11.5 Å². The van der Waals surface area contributed by atoms with Crippen LogP contribution in [-0.2, 0) is 9.59 Å². The van der Waals surface area contributed by atoms with Crippen molar-refractivity contribution in [2.45, 2.75) is 44.4 Å². The van der Waals surface area contributed by atoms with Crippen LogP contribution in [0.15, 0.2) is 18.2 Å². The van der Waals surface area contributed by atoms with Gasteiger partial charge in [-0.15, -0.1) is 0 Å². The maximum atomic E-state index is 11.3. The summed E-state index contributed by atoms with van der Waals surface area (Å²) in [5.74, 6) is -3.36. The maximum absolute atomic E-state index is 11.3. The Kier molecular flexibility index (Phi) is 6.52. The lowest BCUT2D eigenvalue weighted by atomic mass is 9.91. The number of aromatic hydroxyl groups is 2. The van der Waals surface area contributed by atoms with E-state index in [1.807, 2.05) is 0 Å². The fraction of sp³-hybridized carbons (Fsp3) is 0.467. The Balaban J connectivity index is 2.56. The van der Waals surface area contributed by atoms with Gasteiger partial charge in [-0.25, -0.2) is 0 Å². The zero-order valence-corrected chi connectivity index (χ0v) is 11.7. The number of phenolic OH excluding ortho intramolecular Hbond substituents is 2. The second-order valence-electron chi connectivity index (χ2n) is 4.95. The minimum absolute atomic E-state index is 0.0375. The van der Waals surface area contributed by atoms with E-state index in [1.54, 1.807) is 0 Å². The predicted octanol–water partition coefficient (Wildman–Crippen LogP) is 2.69. The van der Waals surface area contributed by atoms with Gasteiger partial charge in [0.1, 0.15) is 11.5 Å². The highest BCUT2D eigenvalue weighted by molar-refractivity contribution is 5.78. The summed E-state index contributed by atoms with van der Waals surface area (Å²) < 4.78 is 0. The van der Waals surface area contributed by atoms with Crippen LogP contribution in [0, 0.1) is 0 Å². The fourth-order valence-corrected chi connectivity index (χ4v) is 2.27. The van der Waals surface area contributed by atoms with Gasteiger partial charge in [0.15, 0.2) is 0 Å². The Labute approximate surface area is 122 Å². The van der Waals surface area contributed by atoms with Crippen LogP contribution in [0.2, 0.25) is 0 Å². The zero-order chi connectivity index (χ0) is 15.8. The van der Waals surface area contributed by atoms with Crippen molar-refractivity contribution in [2.24, 2.45) is 0 Å². The molecule has 0 bridgehead atoms. The molecule has 21 heavy (non-hydrogen) atoms. The Morgan fingerprint density at radius 2 is 1.52 bits per heavy atom. The van der Waals surface area contributed by atoms with E-state index >= 15 is 0 Å². The van der Waals surface area contributed by atoms with Crippen LogP contribution in [0.25, 0.3) is 0 Å². The maximum Gasteiger partial charge on any atom is 0.311 e. The molecule has 0 fully saturated rings. The standard InChI is InChI=1S/C15H20O6/c16-11-7-5-8-12(17)14(11)10(15(20)21)6-3-1-2-4-9-13(18)19/h5,7-8,10,16-17H,1-4,6,9H2,(H,18,19)(H,20,21). The molecule has 1 unspecified atom stereocenters. The van der Waals surface area contributed by atoms with Crippen molar-refractivity contribution >= 4 is 11.9 Å². The highest BCUT2D eigenvalue weighted by Crippen LogP contribution is 2.36. The minimum atomic E-state index is -1.10. The summed E-state index contributed by atoms with van der Waals surface area (Å²) in [4.78, 5) is 21.7. The smallest absolute Gasteiger partial charge is 0.311 e. The van der Waals surface area contributed by atoms with Gasteiger partial charge in [0.25, 0.3) is 0 Å². The molecule has 0 heterocycles. The van der Waals surface area contributed by atoms with E-state index in [0.717, 1.165) is 0 Å². The second kappa shape index (κ2) is 8.14. The van der Waals surface area contributed by atoms with Crippen molar-refractivity contribution in [1.29, 1.82) is 0 Å². The summed E-state index contributed by atoms with van der Waals surface area (Å²) in [7, 11) is 0. The number of unbranched alkanes of at least 4 members (excludes halogenated alkanes) is 3. The van der Waals surface area contributed by atoms with E-state index in [0.29, 0.717) is 25.7 Å². The predicted molar refractivity (Wildman–Crippen MR) is 75.5 cm³/mol. The molecule has 0 saturated heterocycles. The normalized spacial score (nSPS) is 12.0. The molecule has 6 heteroatoms. The van der Waals surface area contributed by atoms with E-state index in [2.05, 4.69) is 0 Å². The van der Waals surface area contributed by atoms with Crippen LogP contribution in [0.3, 0.4) is 0 Å². The lowest BCUT2D eigenvalue weighted by Gasteiger charge is -2.15. The number of phenols is 2. The summed E-state index contributed by atoms with van der Waals surface area (Å²) in [6.45, 7) is 0. The lowest BCUT2D eigenvalue weighted by Crippen LogP contribution is -2.12. The molecule has 0 radical (unpaired) electrons. The highest BCUT2D eigenvalue weighted by Gasteiger charge is 2.25. The summed E-state index contributed by atoms with van der Waals surface area (Å²) in [6.07, 6.45) is 2.98.